The number of amides is 1. The number of aromatic nitrogens is 4. The van der Waals surface area contributed by atoms with Crippen LogP contribution < -0.4 is 0 Å². The number of hydrogen-bond donors (Lipinski definition) is 1. The van der Waals surface area contributed by atoms with Crippen molar-refractivity contribution in [3.8, 4) is 0 Å². The summed E-state index contributed by atoms with van der Waals surface area (Å²) >= 11 is 0. The molecule has 3 heterocycles. The molecule has 26 heavy (non-hydrogen) atoms. The second-order valence-electron chi connectivity index (χ2n) is 6.96. The van der Waals surface area contributed by atoms with Gasteiger partial charge in [0.2, 0.25) is 0 Å². The molecule has 4 rings (SSSR count). The van der Waals surface area contributed by atoms with Crippen LogP contribution in [0.25, 0.3) is 11.0 Å². The van der Waals surface area contributed by atoms with E-state index in [2.05, 4.69) is 15.0 Å². The second-order valence-corrected chi connectivity index (χ2v) is 6.96. The number of nitrogens with zero attached hydrogens (tertiary/aromatic N) is 4. The summed E-state index contributed by atoms with van der Waals surface area (Å²) in [6, 6.07) is 5.55. The van der Waals surface area contributed by atoms with Gasteiger partial charge in [-0.1, -0.05) is 0 Å². The van der Waals surface area contributed by atoms with Crippen LogP contribution in [0.1, 0.15) is 40.0 Å². The molecule has 1 aliphatic rings. The van der Waals surface area contributed by atoms with Gasteiger partial charge < -0.3 is 19.2 Å². The third-order valence-corrected chi connectivity index (χ3v) is 5.29. The van der Waals surface area contributed by atoms with E-state index in [1.54, 1.807) is 13.4 Å². The third kappa shape index (κ3) is 2.68. The first-order valence-electron chi connectivity index (χ1n) is 8.76. The van der Waals surface area contributed by atoms with Gasteiger partial charge in [0.15, 0.2) is 0 Å². The summed E-state index contributed by atoms with van der Waals surface area (Å²) in [7, 11) is 3.63. The van der Waals surface area contributed by atoms with Crippen LogP contribution in [0.3, 0.4) is 0 Å². The lowest BCUT2D eigenvalue weighted by atomic mass is 10.1. The summed E-state index contributed by atoms with van der Waals surface area (Å²) < 4.78 is 7.48. The van der Waals surface area contributed by atoms with Crippen LogP contribution in [0.5, 0.6) is 0 Å². The third-order valence-electron chi connectivity index (χ3n) is 5.29. The van der Waals surface area contributed by atoms with Crippen LogP contribution in [-0.4, -0.2) is 50.1 Å². The van der Waals surface area contributed by atoms with Crippen molar-refractivity contribution in [2.24, 2.45) is 7.05 Å². The maximum absolute atomic E-state index is 13.2. The number of likely N-dealkylation sites (tertiary alicyclic amines) is 1. The largest absolute Gasteiger partial charge is 0.380 e. The molecule has 0 radical (unpaired) electrons. The Bertz CT molecular complexity index is 954. The molecular weight excluding hydrogens is 330 g/mol. The molecule has 1 fully saturated rings. The number of carbonyl (C=O) groups excluding carboxylic acids is 1. The summed E-state index contributed by atoms with van der Waals surface area (Å²) in [5, 5.41) is 0. The summed E-state index contributed by atoms with van der Waals surface area (Å²) in [6.07, 6.45) is 2.50. The Morgan fingerprint density at radius 1 is 1.35 bits per heavy atom. The van der Waals surface area contributed by atoms with E-state index in [-0.39, 0.29) is 18.1 Å². The molecule has 1 N–H and O–H groups in total. The first kappa shape index (κ1) is 16.8. The van der Waals surface area contributed by atoms with E-state index in [9.17, 15) is 4.79 Å². The number of carbonyl (C=O) groups is 1. The topological polar surface area (TPSA) is 76.0 Å². The number of rotatable bonds is 3. The lowest BCUT2D eigenvalue weighted by Gasteiger charge is -2.23. The van der Waals surface area contributed by atoms with E-state index in [0.29, 0.717) is 12.1 Å². The molecule has 136 valence electrons. The van der Waals surface area contributed by atoms with E-state index in [4.69, 9.17) is 4.74 Å². The number of ether oxygens (including phenoxy) is 1. The number of nitrogens with one attached hydrogen (secondary N) is 1. The molecule has 0 bridgehead atoms. The normalized spacial score (nSPS) is 20.2. The second kappa shape index (κ2) is 6.25. The Morgan fingerprint density at radius 3 is 2.85 bits per heavy atom. The SMILES string of the molecule is CO[C@@H]1C[C@@H](c2nc(C)c(C)[nH]2)N(C(=O)c2ccc3c(c2)ncn3C)C1. The minimum absolute atomic E-state index is 0.00763. The van der Waals surface area contributed by atoms with Gasteiger partial charge in [0.05, 0.1) is 35.2 Å². The molecule has 0 saturated carbocycles. The van der Waals surface area contributed by atoms with Crippen molar-refractivity contribution in [1.82, 2.24) is 24.4 Å². The standard InChI is InChI=1S/C19H23N5O2/c1-11-12(2)22-18(21-11)17-8-14(26-4)9-24(17)19(25)13-5-6-16-15(7-13)20-10-23(16)3/h5-7,10,14,17H,8-9H2,1-4H3,(H,21,22)/t14-,17+/m1/s1. The predicted octanol–water partition coefficient (Wildman–Crippen LogP) is 2.52. The molecule has 7 heteroatoms. The number of H-pyrrole nitrogens is 1. The Morgan fingerprint density at radius 2 is 2.15 bits per heavy atom. The summed E-state index contributed by atoms with van der Waals surface area (Å²) in [5.41, 5.74) is 4.46. The van der Waals surface area contributed by atoms with Gasteiger partial charge in [-0.15, -0.1) is 0 Å². The Balaban J connectivity index is 1.68. The maximum atomic E-state index is 13.2. The summed E-state index contributed by atoms with van der Waals surface area (Å²) in [4.78, 5) is 27.4. The molecule has 0 aliphatic carbocycles. The van der Waals surface area contributed by atoms with Crippen LogP contribution in [0.4, 0.5) is 0 Å². The van der Waals surface area contributed by atoms with Crippen molar-refractivity contribution in [3.05, 3.63) is 47.3 Å². The van der Waals surface area contributed by atoms with Crippen molar-refractivity contribution in [3.63, 3.8) is 0 Å². The highest BCUT2D eigenvalue weighted by Gasteiger charge is 2.38. The average Bonchev–Trinajstić information content (AvgIpc) is 3.32. The van der Waals surface area contributed by atoms with Gasteiger partial charge in [-0.25, -0.2) is 9.97 Å². The van der Waals surface area contributed by atoms with Gasteiger partial charge in [-0.05, 0) is 32.0 Å². The van der Waals surface area contributed by atoms with E-state index < -0.39 is 0 Å². The van der Waals surface area contributed by atoms with E-state index in [1.165, 1.54) is 0 Å². The zero-order valence-corrected chi connectivity index (χ0v) is 15.5. The molecule has 1 saturated heterocycles. The van der Waals surface area contributed by atoms with Gasteiger partial charge in [-0.2, -0.15) is 0 Å². The lowest BCUT2D eigenvalue weighted by Crippen LogP contribution is -2.32. The summed E-state index contributed by atoms with van der Waals surface area (Å²) in [5.74, 6) is 0.806. The molecule has 7 nitrogen and oxygen atoms in total. The monoisotopic (exact) mass is 353 g/mol. The van der Waals surface area contributed by atoms with Crippen LogP contribution in [0.2, 0.25) is 0 Å². The summed E-state index contributed by atoms with van der Waals surface area (Å²) in [6.45, 7) is 4.52. The minimum Gasteiger partial charge on any atom is -0.380 e. The molecule has 0 unspecified atom stereocenters. The highest BCUT2D eigenvalue weighted by Crippen LogP contribution is 2.33. The first-order chi connectivity index (χ1) is 12.5. The quantitative estimate of drug-likeness (QED) is 0.785. The maximum Gasteiger partial charge on any atom is 0.254 e. The van der Waals surface area contributed by atoms with Gasteiger partial charge >= 0.3 is 0 Å². The highest BCUT2D eigenvalue weighted by molar-refractivity contribution is 5.97. The number of benzene rings is 1. The van der Waals surface area contributed by atoms with Crippen LogP contribution in [0, 0.1) is 13.8 Å². The molecule has 2 atom stereocenters. The fourth-order valence-electron chi connectivity index (χ4n) is 3.62. The minimum atomic E-state index is -0.112. The first-order valence-corrected chi connectivity index (χ1v) is 8.76. The average molecular weight is 353 g/mol. The fourth-order valence-corrected chi connectivity index (χ4v) is 3.62. The van der Waals surface area contributed by atoms with E-state index >= 15 is 0 Å². The number of methoxy groups -OCH3 is 1. The molecular formula is C19H23N5O2. The van der Waals surface area contributed by atoms with Crippen molar-refractivity contribution >= 4 is 16.9 Å². The number of aromatic amines is 1. The number of aryl methyl sites for hydroxylation is 3. The van der Waals surface area contributed by atoms with Crippen molar-refractivity contribution < 1.29 is 9.53 Å². The highest BCUT2D eigenvalue weighted by atomic mass is 16.5. The number of imidazole rings is 2. The zero-order chi connectivity index (χ0) is 18.4. The van der Waals surface area contributed by atoms with Crippen molar-refractivity contribution in [2.75, 3.05) is 13.7 Å². The Hall–Kier alpha value is -2.67. The Labute approximate surface area is 152 Å². The molecule has 1 amide bonds. The van der Waals surface area contributed by atoms with Gasteiger partial charge in [0.1, 0.15) is 5.82 Å². The number of fused-ring (bicyclic) bond motifs is 1. The molecule has 1 aliphatic heterocycles. The van der Waals surface area contributed by atoms with Gasteiger partial charge in [0, 0.05) is 38.4 Å². The van der Waals surface area contributed by atoms with Crippen LogP contribution >= 0.6 is 0 Å². The van der Waals surface area contributed by atoms with E-state index in [1.807, 2.05) is 48.6 Å². The zero-order valence-electron chi connectivity index (χ0n) is 15.5. The lowest BCUT2D eigenvalue weighted by molar-refractivity contribution is 0.0684. The van der Waals surface area contributed by atoms with Crippen LogP contribution in [-0.2, 0) is 11.8 Å². The molecule has 3 aromatic rings. The van der Waals surface area contributed by atoms with Crippen molar-refractivity contribution in [1.29, 1.82) is 0 Å². The smallest absolute Gasteiger partial charge is 0.254 e. The van der Waals surface area contributed by atoms with Crippen LogP contribution in [0.15, 0.2) is 24.5 Å². The van der Waals surface area contributed by atoms with Gasteiger partial charge in [-0.3, -0.25) is 4.79 Å². The Kier molecular flexibility index (Phi) is 4.03. The fraction of sp³-hybridized carbons (Fsp3) is 0.421. The van der Waals surface area contributed by atoms with Gasteiger partial charge in [0.25, 0.3) is 5.91 Å². The molecule has 1 aromatic carbocycles. The molecule has 2 aromatic heterocycles. The molecule has 0 spiro atoms. The predicted molar refractivity (Wildman–Crippen MR) is 98.0 cm³/mol. The number of hydrogen-bond acceptors (Lipinski definition) is 4. The van der Waals surface area contributed by atoms with E-state index in [0.717, 1.165) is 34.7 Å². The van der Waals surface area contributed by atoms with Crippen molar-refractivity contribution in [2.45, 2.75) is 32.4 Å².